The average molecular weight is 415 g/mol. The van der Waals surface area contributed by atoms with Crippen molar-refractivity contribution in [1.82, 2.24) is 19.9 Å². The lowest BCUT2D eigenvalue weighted by Crippen LogP contribution is -2.49. The maximum absolute atomic E-state index is 6.83. The zero-order valence-electron chi connectivity index (χ0n) is 17.7. The molecule has 0 radical (unpaired) electrons. The minimum Gasteiger partial charge on any atom is -0.348 e. The molecule has 2 aliphatic rings. The summed E-state index contributed by atoms with van der Waals surface area (Å²) in [5, 5.41) is 6.95. The molecule has 0 aliphatic carbocycles. The highest BCUT2D eigenvalue weighted by molar-refractivity contribution is 5.93. The van der Waals surface area contributed by atoms with Crippen LogP contribution >= 0.6 is 0 Å². The molecule has 0 amide bonds. The van der Waals surface area contributed by atoms with E-state index in [0.29, 0.717) is 17.8 Å². The van der Waals surface area contributed by atoms with Gasteiger partial charge in [-0.25, -0.2) is 4.98 Å². The van der Waals surface area contributed by atoms with E-state index in [9.17, 15) is 0 Å². The molecule has 4 N–H and O–H groups in total. The lowest BCUT2D eigenvalue weighted by Gasteiger charge is -2.23. The van der Waals surface area contributed by atoms with Crippen LogP contribution in [0.4, 0.5) is 23.1 Å². The third kappa shape index (κ3) is 3.95. The first-order valence-electron chi connectivity index (χ1n) is 10.9. The van der Waals surface area contributed by atoms with Gasteiger partial charge in [-0.1, -0.05) is 36.4 Å². The fraction of sp³-hybridized carbons (Fsp3) is 0.292. The van der Waals surface area contributed by atoms with Crippen LogP contribution in [0.2, 0.25) is 0 Å². The normalized spacial score (nSPS) is 23.0. The Morgan fingerprint density at radius 1 is 1.19 bits per heavy atom. The van der Waals surface area contributed by atoms with Crippen LogP contribution in [0.15, 0.2) is 65.8 Å². The topological polar surface area (TPSA) is 88.2 Å². The molecular formula is C24H28N7+. The van der Waals surface area contributed by atoms with Crippen LogP contribution in [0.3, 0.4) is 0 Å². The second kappa shape index (κ2) is 8.19. The Kier molecular flexibility index (Phi) is 5.23. The SMILES string of the molecule is CC(Nc1nccc([N+]2(N)C=Nc3ccc(CC4CCCN4)cc32)n1)c1ccccc1. The van der Waals surface area contributed by atoms with Gasteiger partial charge >= 0.3 is 0 Å². The van der Waals surface area contributed by atoms with E-state index in [0.717, 1.165) is 24.3 Å². The van der Waals surface area contributed by atoms with E-state index in [2.05, 4.69) is 57.9 Å². The largest absolute Gasteiger partial charge is 0.348 e. The molecule has 1 fully saturated rings. The number of benzene rings is 2. The van der Waals surface area contributed by atoms with Crippen molar-refractivity contribution in [3.05, 3.63) is 71.9 Å². The van der Waals surface area contributed by atoms with Gasteiger partial charge in [0, 0.05) is 24.4 Å². The summed E-state index contributed by atoms with van der Waals surface area (Å²) in [5.74, 6) is 8.06. The second-order valence-corrected chi connectivity index (χ2v) is 8.36. The number of nitrogens with zero attached hydrogens (tertiary/aromatic N) is 4. The van der Waals surface area contributed by atoms with Gasteiger partial charge in [0.15, 0.2) is 5.69 Å². The van der Waals surface area contributed by atoms with Gasteiger partial charge in [0.05, 0.1) is 6.04 Å². The minimum atomic E-state index is -0.0574. The number of quaternary nitrogens is 1. The number of nitrogens with one attached hydrogen (secondary N) is 2. The summed E-state index contributed by atoms with van der Waals surface area (Å²) in [6.07, 6.45) is 6.95. The van der Waals surface area contributed by atoms with Gasteiger partial charge in [-0.15, -0.1) is 4.59 Å². The molecule has 3 atom stereocenters. The summed E-state index contributed by atoms with van der Waals surface area (Å²) in [4.78, 5) is 13.7. The number of fused-ring (bicyclic) bond motifs is 1. The van der Waals surface area contributed by atoms with E-state index in [1.165, 1.54) is 24.0 Å². The molecule has 2 aliphatic heterocycles. The zero-order valence-corrected chi connectivity index (χ0v) is 17.7. The predicted octanol–water partition coefficient (Wildman–Crippen LogP) is 4.13. The van der Waals surface area contributed by atoms with Crippen LogP contribution in [0.5, 0.6) is 0 Å². The van der Waals surface area contributed by atoms with Crippen LogP contribution in [-0.2, 0) is 6.42 Å². The van der Waals surface area contributed by atoms with E-state index in [1.54, 1.807) is 12.5 Å². The van der Waals surface area contributed by atoms with Crippen molar-refractivity contribution in [1.29, 1.82) is 0 Å². The number of aliphatic imine (C=N–C) groups is 1. The van der Waals surface area contributed by atoms with Crippen molar-refractivity contribution in [2.45, 2.75) is 38.3 Å². The number of aromatic nitrogens is 2. The first-order chi connectivity index (χ1) is 15.1. The minimum absolute atomic E-state index is 0.0574. The fourth-order valence-corrected chi connectivity index (χ4v) is 4.36. The molecular weight excluding hydrogens is 386 g/mol. The first kappa shape index (κ1) is 19.8. The van der Waals surface area contributed by atoms with Crippen LogP contribution in [0.25, 0.3) is 0 Å². The molecule has 3 heterocycles. The third-order valence-electron chi connectivity index (χ3n) is 6.13. The summed E-state index contributed by atoms with van der Waals surface area (Å²) in [6, 6.07) is 19.1. The van der Waals surface area contributed by atoms with Crippen molar-refractivity contribution in [2.24, 2.45) is 10.8 Å². The Morgan fingerprint density at radius 3 is 2.87 bits per heavy atom. The van der Waals surface area contributed by atoms with Crippen molar-refractivity contribution in [3.8, 4) is 0 Å². The maximum Gasteiger partial charge on any atom is 0.263 e. The standard InChI is InChI=1S/C24H28N7/c1-17(19-6-3-2-4-7-19)29-24-27-13-11-23(30-24)31(25)16-28-21-10-9-18(15-22(21)31)14-20-8-5-12-26-20/h2-4,6-7,9-11,13,15-17,20,26H,5,8,12,14,25H2,1H3,(H,27,29,30)/q+1. The summed E-state index contributed by atoms with van der Waals surface area (Å²) >= 11 is 0. The number of anilines is 1. The predicted molar refractivity (Wildman–Crippen MR) is 125 cm³/mol. The summed E-state index contributed by atoms with van der Waals surface area (Å²) in [7, 11) is 0. The van der Waals surface area contributed by atoms with Crippen molar-refractivity contribution < 1.29 is 0 Å². The monoisotopic (exact) mass is 414 g/mol. The number of rotatable bonds is 6. The van der Waals surface area contributed by atoms with Gasteiger partial charge in [0.1, 0.15) is 5.69 Å². The van der Waals surface area contributed by atoms with E-state index in [4.69, 9.17) is 10.8 Å². The van der Waals surface area contributed by atoms with E-state index < -0.39 is 0 Å². The highest BCUT2D eigenvalue weighted by Gasteiger charge is 2.38. The number of hydrogen-bond acceptors (Lipinski definition) is 6. The molecule has 0 spiro atoms. The number of nitrogens with two attached hydrogens (primary N) is 1. The highest BCUT2D eigenvalue weighted by atomic mass is 15.6. The quantitative estimate of drug-likeness (QED) is 0.417. The van der Waals surface area contributed by atoms with Gasteiger partial charge in [0.25, 0.3) is 5.82 Å². The number of hydrogen-bond donors (Lipinski definition) is 3. The Hall–Kier alpha value is -3.13. The summed E-state index contributed by atoms with van der Waals surface area (Å²) in [5.41, 5.74) is 4.26. The average Bonchev–Trinajstić information content (AvgIpc) is 3.43. The molecule has 31 heavy (non-hydrogen) atoms. The van der Waals surface area contributed by atoms with Crippen LogP contribution in [-0.4, -0.2) is 28.9 Å². The Bertz CT molecular complexity index is 1090. The van der Waals surface area contributed by atoms with Crippen molar-refractivity contribution in [3.63, 3.8) is 0 Å². The Morgan fingerprint density at radius 2 is 2.06 bits per heavy atom. The van der Waals surface area contributed by atoms with Gasteiger partial charge in [-0.3, -0.25) is 0 Å². The molecule has 3 unspecified atom stereocenters. The van der Waals surface area contributed by atoms with Gasteiger partial charge in [-0.2, -0.15) is 15.8 Å². The fourth-order valence-electron chi connectivity index (χ4n) is 4.36. The van der Waals surface area contributed by atoms with Crippen LogP contribution in [0, 0.1) is 0 Å². The molecule has 158 valence electrons. The molecule has 7 heteroatoms. The molecule has 2 aromatic carbocycles. The van der Waals surface area contributed by atoms with Crippen LogP contribution < -0.4 is 21.1 Å². The Labute approximate surface area is 182 Å². The van der Waals surface area contributed by atoms with Crippen LogP contribution in [0.1, 0.15) is 36.9 Å². The van der Waals surface area contributed by atoms with Gasteiger partial charge in [0.2, 0.25) is 12.3 Å². The van der Waals surface area contributed by atoms with E-state index >= 15 is 0 Å². The molecule has 3 aromatic rings. The van der Waals surface area contributed by atoms with E-state index in [1.807, 2.05) is 24.3 Å². The lowest BCUT2D eigenvalue weighted by atomic mass is 10.0. The lowest BCUT2D eigenvalue weighted by molar-refractivity contribution is 0.588. The molecule has 1 saturated heterocycles. The van der Waals surface area contributed by atoms with Crippen molar-refractivity contribution in [2.75, 3.05) is 11.9 Å². The maximum atomic E-state index is 6.83. The van der Waals surface area contributed by atoms with Crippen molar-refractivity contribution >= 4 is 29.5 Å². The zero-order chi connectivity index (χ0) is 21.3. The molecule has 0 bridgehead atoms. The molecule has 7 nitrogen and oxygen atoms in total. The van der Waals surface area contributed by atoms with Gasteiger partial charge in [-0.05, 0) is 49.9 Å². The smallest absolute Gasteiger partial charge is 0.263 e. The first-order valence-corrected chi connectivity index (χ1v) is 10.9. The molecule has 5 rings (SSSR count). The summed E-state index contributed by atoms with van der Waals surface area (Å²) in [6.45, 7) is 3.20. The van der Waals surface area contributed by atoms with E-state index in [-0.39, 0.29) is 10.6 Å². The second-order valence-electron chi connectivity index (χ2n) is 8.36. The third-order valence-corrected chi connectivity index (χ3v) is 6.13. The molecule has 0 saturated carbocycles. The molecule has 1 aromatic heterocycles. The highest BCUT2D eigenvalue weighted by Crippen LogP contribution is 2.41. The Balaban J connectivity index is 1.41. The van der Waals surface area contributed by atoms with Gasteiger partial charge < -0.3 is 10.6 Å². The summed E-state index contributed by atoms with van der Waals surface area (Å²) < 4.78 is -0.0574.